The van der Waals surface area contributed by atoms with Crippen molar-refractivity contribution in [3.63, 3.8) is 0 Å². The summed E-state index contributed by atoms with van der Waals surface area (Å²) in [6.45, 7) is 8.99. The second-order valence-electron chi connectivity index (χ2n) is 5.96. The molecule has 0 bridgehead atoms. The number of carbonyl (C=O) groups is 1. The first-order valence-corrected chi connectivity index (χ1v) is 7.77. The SMILES string of the molecule is CC(NC(c1ccccc1)C(C)C)C(=O)N1CCOCC1. The third-order valence-electron chi connectivity index (χ3n) is 3.95. The molecule has 4 nitrogen and oxygen atoms in total. The first kappa shape index (κ1) is 16.0. The van der Waals surface area contributed by atoms with Gasteiger partial charge in [0.1, 0.15) is 0 Å². The monoisotopic (exact) mass is 290 g/mol. The van der Waals surface area contributed by atoms with Crippen LogP contribution in [0.4, 0.5) is 0 Å². The molecule has 116 valence electrons. The zero-order valence-corrected chi connectivity index (χ0v) is 13.2. The number of nitrogens with zero attached hydrogens (tertiary/aromatic N) is 1. The molecule has 2 rings (SSSR count). The number of hydrogen-bond acceptors (Lipinski definition) is 3. The molecule has 1 aromatic carbocycles. The van der Waals surface area contributed by atoms with Crippen LogP contribution in [-0.4, -0.2) is 43.2 Å². The van der Waals surface area contributed by atoms with Gasteiger partial charge in [0, 0.05) is 19.1 Å². The number of rotatable bonds is 5. The lowest BCUT2D eigenvalue weighted by atomic mass is 9.95. The molecule has 0 saturated carbocycles. The lowest BCUT2D eigenvalue weighted by Gasteiger charge is -2.32. The van der Waals surface area contributed by atoms with E-state index >= 15 is 0 Å². The highest BCUT2D eigenvalue weighted by atomic mass is 16.5. The van der Waals surface area contributed by atoms with E-state index in [2.05, 4.69) is 31.3 Å². The molecule has 0 aliphatic carbocycles. The van der Waals surface area contributed by atoms with E-state index in [1.54, 1.807) is 0 Å². The van der Waals surface area contributed by atoms with Crippen molar-refractivity contribution in [2.24, 2.45) is 5.92 Å². The van der Waals surface area contributed by atoms with Gasteiger partial charge in [-0.15, -0.1) is 0 Å². The summed E-state index contributed by atoms with van der Waals surface area (Å²) >= 11 is 0. The van der Waals surface area contributed by atoms with Gasteiger partial charge in [0.2, 0.25) is 5.91 Å². The summed E-state index contributed by atoms with van der Waals surface area (Å²) < 4.78 is 5.30. The van der Waals surface area contributed by atoms with Crippen LogP contribution < -0.4 is 5.32 Å². The predicted molar refractivity (Wildman–Crippen MR) is 84.0 cm³/mol. The molecule has 1 aromatic rings. The van der Waals surface area contributed by atoms with Crippen molar-refractivity contribution in [2.75, 3.05) is 26.3 Å². The maximum atomic E-state index is 12.5. The number of hydrogen-bond donors (Lipinski definition) is 1. The number of morpholine rings is 1. The first-order chi connectivity index (χ1) is 10.1. The average molecular weight is 290 g/mol. The van der Waals surface area contributed by atoms with Crippen LogP contribution in [-0.2, 0) is 9.53 Å². The first-order valence-electron chi connectivity index (χ1n) is 7.77. The van der Waals surface area contributed by atoms with Crippen molar-refractivity contribution < 1.29 is 9.53 Å². The summed E-state index contributed by atoms with van der Waals surface area (Å²) in [7, 11) is 0. The third-order valence-corrected chi connectivity index (χ3v) is 3.95. The van der Waals surface area contributed by atoms with Crippen LogP contribution in [0.3, 0.4) is 0 Å². The fourth-order valence-electron chi connectivity index (χ4n) is 2.73. The normalized spacial score (nSPS) is 18.6. The van der Waals surface area contributed by atoms with Crippen LogP contribution in [0, 0.1) is 5.92 Å². The topological polar surface area (TPSA) is 41.6 Å². The molecule has 0 radical (unpaired) electrons. The van der Waals surface area contributed by atoms with Crippen LogP contribution in [0.25, 0.3) is 0 Å². The number of ether oxygens (including phenoxy) is 1. The van der Waals surface area contributed by atoms with Gasteiger partial charge in [-0.25, -0.2) is 0 Å². The van der Waals surface area contributed by atoms with E-state index in [1.807, 2.05) is 30.0 Å². The fraction of sp³-hybridized carbons (Fsp3) is 0.588. The van der Waals surface area contributed by atoms with E-state index in [4.69, 9.17) is 4.74 Å². The lowest BCUT2D eigenvalue weighted by molar-refractivity contribution is -0.137. The molecule has 0 spiro atoms. The second-order valence-corrected chi connectivity index (χ2v) is 5.96. The van der Waals surface area contributed by atoms with Gasteiger partial charge in [-0.1, -0.05) is 44.2 Å². The zero-order chi connectivity index (χ0) is 15.2. The van der Waals surface area contributed by atoms with Gasteiger partial charge < -0.3 is 9.64 Å². The summed E-state index contributed by atoms with van der Waals surface area (Å²) in [5.41, 5.74) is 1.23. The molecular formula is C17H26N2O2. The molecule has 2 unspecified atom stereocenters. The molecule has 0 aromatic heterocycles. The van der Waals surface area contributed by atoms with E-state index in [-0.39, 0.29) is 18.0 Å². The predicted octanol–water partition coefficient (Wildman–Crippen LogP) is 2.22. The van der Waals surface area contributed by atoms with E-state index in [0.717, 1.165) is 0 Å². The Morgan fingerprint density at radius 2 is 1.76 bits per heavy atom. The molecule has 2 atom stereocenters. The molecule has 1 aliphatic rings. The van der Waals surface area contributed by atoms with Crippen molar-refractivity contribution in [3.8, 4) is 0 Å². The highest BCUT2D eigenvalue weighted by molar-refractivity contribution is 5.81. The second kappa shape index (κ2) is 7.57. The largest absolute Gasteiger partial charge is 0.378 e. The Morgan fingerprint density at radius 1 is 1.14 bits per heavy atom. The summed E-state index contributed by atoms with van der Waals surface area (Å²) in [5, 5.41) is 3.50. The maximum absolute atomic E-state index is 12.5. The van der Waals surface area contributed by atoms with E-state index in [9.17, 15) is 4.79 Å². The van der Waals surface area contributed by atoms with Crippen molar-refractivity contribution >= 4 is 5.91 Å². The standard InChI is InChI=1S/C17H26N2O2/c1-13(2)16(15-7-5-4-6-8-15)18-14(3)17(20)19-9-11-21-12-10-19/h4-8,13-14,16,18H,9-12H2,1-3H3. The smallest absolute Gasteiger partial charge is 0.239 e. The van der Waals surface area contributed by atoms with Crippen LogP contribution >= 0.6 is 0 Å². The summed E-state index contributed by atoms with van der Waals surface area (Å²) in [6.07, 6.45) is 0. The van der Waals surface area contributed by atoms with E-state index < -0.39 is 0 Å². The van der Waals surface area contributed by atoms with Crippen LogP contribution in [0.2, 0.25) is 0 Å². The Kier molecular flexibility index (Phi) is 5.76. The minimum absolute atomic E-state index is 0.167. The van der Waals surface area contributed by atoms with Gasteiger partial charge in [-0.2, -0.15) is 0 Å². The molecular weight excluding hydrogens is 264 g/mol. The third kappa shape index (κ3) is 4.29. The Hall–Kier alpha value is -1.39. The maximum Gasteiger partial charge on any atom is 0.239 e. The fourth-order valence-corrected chi connectivity index (χ4v) is 2.73. The molecule has 1 aliphatic heterocycles. The molecule has 1 N–H and O–H groups in total. The van der Waals surface area contributed by atoms with Crippen LogP contribution in [0.5, 0.6) is 0 Å². The Morgan fingerprint density at radius 3 is 2.33 bits per heavy atom. The van der Waals surface area contributed by atoms with Gasteiger partial charge >= 0.3 is 0 Å². The number of nitrogens with one attached hydrogen (secondary N) is 1. The highest BCUT2D eigenvalue weighted by Crippen LogP contribution is 2.22. The van der Waals surface area contributed by atoms with Crippen molar-refractivity contribution in [2.45, 2.75) is 32.9 Å². The van der Waals surface area contributed by atoms with Crippen LogP contribution in [0.15, 0.2) is 30.3 Å². The molecule has 1 saturated heterocycles. The van der Waals surface area contributed by atoms with Gasteiger partial charge in [-0.3, -0.25) is 10.1 Å². The Bertz CT molecular complexity index is 441. The lowest BCUT2D eigenvalue weighted by Crippen LogP contribution is -2.50. The van der Waals surface area contributed by atoms with Gasteiger partial charge in [0.25, 0.3) is 0 Å². The highest BCUT2D eigenvalue weighted by Gasteiger charge is 2.26. The van der Waals surface area contributed by atoms with Gasteiger partial charge in [-0.05, 0) is 18.4 Å². The van der Waals surface area contributed by atoms with Crippen LogP contribution in [0.1, 0.15) is 32.4 Å². The Balaban J connectivity index is 2.01. The minimum atomic E-state index is -0.185. The molecule has 1 heterocycles. The summed E-state index contributed by atoms with van der Waals surface area (Å²) in [6, 6.07) is 10.3. The number of amides is 1. The Labute approximate surface area is 127 Å². The molecule has 1 fully saturated rings. The van der Waals surface area contributed by atoms with Crippen molar-refractivity contribution in [1.82, 2.24) is 10.2 Å². The van der Waals surface area contributed by atoms with Crippen molar-refractivity contribution in [3.05, 3.63) is 35.9 Å². The van der Waals surface area contributed by atoms with E-state index in [0.29, 0.717) is 32.2 Å². The van der Waals surface area contributed by atoms with Gasteiger partial charge in [0.15, 0.2) is 0 Å². The summed E-state index contributed by atoms with van der Waals surface area (Å²) in [4.78, 5) is 14.4. The molecule has 1 amide bonds. The number of carbonyl (C=O) groups excluding carboxylic acids is 1. The minimum Gasteiger partial charge on any atom is -0.378 e. The van der Waals surface area contributed by atoms with Gasteiger partial charge in [0.05, 0.1) is 19.3 Å². The molecule has 21 heavy (non-hydrogen) atoms. The quantitative estimate of drug-likeness (QED) is 0.904. The number of benzene rings is 1. The van der Waals surface area contributed by atoms with Crippen molar-refractivity contribution in [1.29, 1.82) is 0 Å². The molecule has 4 heteroatoms. The average Bonchev–Trinajstić information content (AvgIpc) is 2.53. The van der Waals surface area contributed by atoms with E-state index in [1.165, 1.54) is 5.56 Å². The summed E-state index contributed by atoms with van der Waals surface area (Å²) in [5.74, 6) is 0.590. The zero-order valence-electron chi connectivity index (χ0n) is 13.2.